The van der Waals surface area contributed by atoms with Gasteiger partial charge in [-0.2, -0.15) is 15.1 Å². The maximum absolute atomic E-state index is 15.0. The summed E-state index contributed by atoms with van der Waals surface area (Å²) in [6.45, 7) is 3.51. The molecule has 5 rings (SSSR count). The van der Waals surface area contributed by atoms with Crippen molar-refractivity contribution in [3.05, 3.63) is 23.6 Å². The number of halogens is 3. The van der Waals surface area contributed by atoms with E-state index >= 15 is 0 Å². The van der Waals surface area contributed by atoms with Crippen molar-refractivity contribution in [1.29, 1.82) is 0 Å². The number of ether oxygens (including phenoxy) is 2. The molecule has 0 bridgehead atoms. The molecule has 0 saturated carbocycles. The summed E-state index contributed by atoms with van der Waals surface area (Å²) in [6.07, 6.45) is 3.39. The van der Waals surface area contributed by atoms with Crippen molar-refractivity contribution in [2.75, 3.05) is 38.2 Å². The molecule has 0 aliphatic carbocycles. The summed E-state index contributed by atoms with van der Waals surface area (Å²) in [4.78, 5) is 13.6. The highest BCUT2D eigenvalue weighted by molar-refractivity contribution is 6.32. The first kappa shape index (κ1) is 20.4. The van der Waals surface area contributed by atoms with Crippen LogP contribution in [-0.4, -0.2) is 74.5 Å². The van der Waals surface area contributed by atoms with E-state index in [-0.39, 0.29) is 30.1 Å². The maximum Gasteiger partial charge on any atom is 0.282 e. The molecule has 2 aliphatic rings. The summed E-state index contributed by atoms with van der Waals surface area (Å²) >= 11 is 6.45. The smallest absolute Gasteiger partial charge is 0.282 e. The van der Waals surface area contributed by atoms with Crippen LogP contribution < -0.4 is 10.1 Å². The van der Waals surface area contributed by atoms with E-state index < -0.39 is 12.0 Å². The lowest BCUT2D eigenvalue weighted by atomic mass is 9.99. The minimum Gasteiger partial charge on any atom is -0.477 e. The average Bonchev–Trinajstić information content (AvgIpc) is 3.28. The van der Waals surface area contributed by atoms with E-state index in [0.717, 1.165) is 5.39 Å². The highest BCUT2D eigenvalue weighted by atomic mass is 35.5. The molecular formula is C19H22ClF2N7O2. The Balaban J connectivity index is 1.37. The number of anilines is 2. The molecule has 1 atom stereocenters. The number of nitrogens with one attached hydrogen (secondary N) is 2. The van der Waals surface area contributed by atoms with Crippen LogP contribution in [0.2, 0.25) is 5.15 Å². The summed E-state index contributed by atoms with van der Waals surface area (Å²) in [5.41, 5.74) is 0.934. The van der Waals surface area contributed by atoms with E-state index in [9.17, 15) is 8.78 Å². The van der Waals surface area contributed by atoms with Crippen molar-refractivity contribution in [3.8, 4) is 5.88 Å². The fourth-order valence-electron chi connectivity index (χ4n) is 3.99. The van der Waals surface area contributed by atoms with Gasteiger partial charge in [0.2, 0.25) is 11.8 Å². The van der Waals surface area contributed by atoms with Gasteiger partial charge in [-0.3, -0.25) is 4.90 Å². The Kier molecular flexibility index (Phi) is 5.19. The number of fused-ring (bicyclic) bond motifs is 1. The summed E-state index contributed by atoms with van der Waals surface area (Å²) in [6, 6.07) is 0.759. The van der Waals surface area contributed by atoms with Crippen molar-refractivity contribution >= 4 is 34.3 Å². The van der Waals surface area contributed by atoms with Crippen LogP contribution in [-0.2, 0) is 4.74 Å². The number of alkyl halides is 2. The molecular weight excluding hydrogens is 432 g/mol. The molecule has 2 fully saturated rings. The van der Waals surface area contributed by atoms with E-state index in [4.69, 9.17) is 21.1 Å². The molecule has 5 heterocycles. The van der Waals surface area contributed by atoms with Gasteiger partial charge in [0, 0.05) is 12.7 Å². The minimum atomic E-state index is -2.97. The summed E-state index contributed by atoms with van der Waals surface area (Å²) < 4.78 is 41.8. The average molecular weight is 454 g/mol. The Morgan fingerprint density at radius 1 is 1.39 bits per heavy atom. The second-order valence-electron chi connectivity index (χ2n) is 7.67. The molecule has 9 nitrogen and oxygen atoms in total. The first-order chi connectivity index (χ1) is 15.0. The van der Waals surface area contributed by atoms with Gasteiger partial charge in [-0.25, -0.2) is 13.5 Å². The van der Waals surface area contributed by atoms with Crippen LogP contribution in [0.3, 0.4) is 0 Å². The second kappa shape index (κ2) is 7.88. The Bertz CT molecular complexity index is 1080. The van der Waals surface area contributed by atoms with E-state index in [1.54, 1.807) is 11.1 Å². The lowest BCUT2D eigenvalue weighted by Crippen LogP contribution is -2.58. The number of likely N-dealkylation sites (tertiary alicyclic amines) is 1. The first-order valence-electron chi connectivity index (χ1n) is 10.1. The van der Waals surface area contributed by atoms with Gasteiger partial charge < -0.3 is 19.8 Å². The number of aromatic amines is 1. The van der Waals surface area contributed by atoms with Crippen LogP contribution in [0.5, 0.6) is 5.88 Å². The highest BCUT2D eigenvalue weighted by Gasteiger charge is 2.49. The van der Waals surface area contributed by atoms with Gasteiger partial charge >= 0.3 is 0 Å². The Labute approximate surface area is 181 Å². The lowest BCUT2D eigenvalue weighted by Gasteiger charge is -2.44. The number of piperidine rings is 1. The van der Waals surface area contributed by atoms with E-state index in [2.05, 4.69) is 25.4 Å². The topological polar surface area (TPSA) is 93.1 Å². The maximum atomic E-state index is 15.0. The zero-order valence-corrected chi connectivity index (χ0v) is 17.6. The van der Waals surface area contributed by atoms with Gasteiger partial charge in [-0.05, 0) is 19.4 Å². The van der Waals surface area contributed by atoms with Crippen LogP contribution >= 0.6 is 11.6 Å². The first-order valence-corrected chi connectivity index (χ1v) is 10.5. The molecule has 0 amide bonds. The fraction of sp³-hybridized carbons (Fsp3) is 0.526. The third-order valence-electron chi connectivity index (χ3n) is 5.67. The van der Waals surface area contributed by atoms with Crippen molar-refractivity contribution in [1.82, 2.24) is 29.6 Å². The molecule has 2 aliphatic heterocycles. The Hall–Kier alpha value is -2.50. The molecule has 3 aromatic heterocycles. The van der Waals surface area contributed by atoms with Crippen LogP contribution in [0.25, 0.3) is 11.0 Å². The van der Waals surface area contributed by atoms with Gasteiger partial charge in [0.25, 0.3) is 5.92 Å². The van der Waals surface area contributed by atoms with Gasteiger partial charge in [0.05, 0.1) is 49.7 Å². The van der Waals surface area contributed by atoms with Crippen molar-refractivity contribution in [2.24, 2.45) is 0 Å². The van der Waals surface area contributed by atoms with E-state index in [1.165, 1.54) is 10.9 Å². The van der Waals surface area contributed by atoms with Crippen LogP contribution in [0.1, 0.15) is 19.4 Å². The van der Waals surface area contributed by atoms with Crippen molar-refractivity contribution in [3.63, 3.8) is 0 Å². The van der Waals surface area contributed by atoms with Crippen molar-refractivity contribution < 1.29 is 18.3 Å². The standard InChI is InChI=1S/C19H22ClF2N7O2/c1-2-31-17-12-3-5-23-16(12)26-18(27-17)25-13-7-24-29(15(13)20)14-4-6-28(10-19(14,21)22)11-8-30-9-11/h3,5,7,11,14H,2,4,6,8-10H2,1H3,(H2,23,25,26,27). The zero-order chi connectivity index (χ0) is 21.6. The molecule has 1 unspecified atom stereocenters. The summed E-state index contributed by atoms with van der Waals surface area (Å²) in [7, 11) is 0. The predicted molar refractivity (Wildman–Crippen MR) is 110 cm³/mol. The normalized spacial score (nSPS) is 21.9. The van der Waals surface area contributed by atoms with Crippen LogP contribution in [0, 0.1) is 0 Å². The quantitative estimate of drug-likeness (QED) is 0.591. The molecule has 2 N–H and O–H groups in total. The second-order valence-corrected chi connectivity index (χ2v) is 8.03. The predicted octanol–water partition coefficient (Wildman–Crippen LogP) is 3.23. The Morgan fingerprint density at radius 3 is 2.94 bits per heavy atom. The lowest BCUT2D eigenvalue weighted by molar-refractivity contribution is -0.149. The summed E-state index contributed by atoms with van der Waals surface area (Å²) in [5.74, 6) is -2.33. The molecule has 12 heteroatoms. The molecule has 166 valence electrons. The molecule has 31 heavy (non-hydrogen) atoms. The largest absolute Gasteiger partial charge is 0.477 e. The number of rotatable bonds is 6. The summed E-state index contributed by atoms with van der Waals surface area (Å²) in [5, 5.41) is 7.96. The Morgan fingerprint density at radius 2 is 2.23 bits per heavy atom. The SMILES string of the molecule is CCOc1nc(Nc2cnn(C3CCN(C4COC4)CC3(F)F)c2Cl)nc2[nH]ccc12. The van der Waals surface area contributed by atoms with Crippen molar-refractivity contribution in [2.45, 2.75) is 31.4 Å². The third kappa shape index (κ3) is 3.70. The molecule has 0 spiro atoms. The van der Waals surface area contributed by atoms with E-state index in [0.29, 0.717) is 43.6 Å². The zero-order valence-electron chi connectivity index (χ0n) is 16.8. The van der Waals surface area contributed by atoms with Gasteiger partial charge in [0.15, 0.2) is 5.15 Å². The molecule has 0 radical (unpaired) electrons. The monoisotopic (exact) mass is 453 g/mol. The van der Waals surface area contributed by atoms with Crippen LogP contribution in [0.4, 0.5) is 20.4 Å². The molecule has 2 saturated heterocycles. The fourth-order valence-corrected chi connectivity index (χ4v) is 4.24. The number of nitrogens with zero attached hydrogens (tertiary/aromatic N) is 5. The van der Waals surface area contributed by atoms with Gasteiger partial charge in [-0.15, -0.1) is 0 Å². The number of aromatic nitrogens is 5. The van der Waals surface area contributed by atoms with Gasteiger partial charge in [0.1, 0.15) is 11.7 Å². The number of H-pyrrole nitrogens is 1. The highest BCUT2D eigenvalue weighted by Crippen LogP contribution is 2.40. The molecule has 0 aromatic carbocycles. The number of hydrogen-bond donors (Lipinski definition) is 2. The van der Waals surface area contributed by atoms with E-state index in [1.807, 2.05) is 13.0 Å². The van der Waals surface area contributed by atoms with Crippen LogP contribution in [0.15, 0.2) is 18.5 Å². The van der Waals surface area contributed by atoms with Gasteiger partial charge in [-0.1, -0.05) is 11.6 Å². The molecule has 3 aromatic rings. The minimum absolute atomic E-state index is 0.0664. The third-order valence-corrected chi connectivity index (χ3v) is 6.04. The number of hydrogen-bond acceptors (Lipinski definition) is 7.